The van der Waals surface area contributed by atoms with Crippen molar-refractivity contribution in [1.29, 1.82) is 0 Å². The topological polar surface area (TPSA) is 58.1 Å². The van der Waals surface area contributed by atoms with E-state index in [9.17, 15) is 9.18 Å². The summed E-state index contributed by atoms with van der Waals surface area (Å²) in [7, 11) is 1.96. The van der Waals surface area contributed by atoms with Crippen LogP contribution in [0, 0.1) is 5.82 Å². The minimum absolute atomic E-state index is 0.0865. The number of amides is 1. The molecule has 2 aromatic rings. The van der Waals surface area contributed by atoms with Gasteiger partial charge < -0.3 is 5.32 Å². The summed E-state index contributed by atoms with van der Waals surface area (Å²) in [6.07, 6.45) is 2.24. The lowest BCUT2D eigenvalue weighted by molar-refractivity contribution is 0.0931. The van der Waals surface area contributed by atoms with Crippen molar-refractivity contribution in [1.82, 2.24) is 19.8 Å². The molecular weight excluding hydrogens is 327 g/mol. The highest BCUT2D eigenvalue weighted by atomic mass is 35.5. The number of nitrogens with one attached hydrogen (secondary N) is 1. The molecule has 116 valence electrons. The maximum Gasteiger partial charge on any atom is 0.264 e. The maximum atomic E-state index is 13.7. The van der Waals surface area contributed by atoms with Crippen molar-refractivity contribution in [3.63, 3.8) is 0 Å². The Morgan fingerprint density at radius 3 is 3.05 bits per heavy atom. The Labute approximate surface area is 136 Å². The van der Waals surface area contributed by atoms with Gasteiger partial charge in [-0.15, -0.1) is 5.10 Å². The molecule has 0 radical (unpaired) electrons. The normalized spacial score (nSPS) is 22.0. The van der Waals surface area contributed by atoms with Gasteiger partial charge >= 0.3 is 0 Å². The molecule has 1 aromatic heterocycles. The van der Waals surface area contributed by atoms with Crippen molar-refractivity contribution >= 4 is 29.0 Å². The fraction of sp³-hybridized carbons (Fsp3) is 0.357. The quantitative estimate of drug-likeness (QED) is 0.932. The van der Waals surface area contributed by atoms with E-state index in [2.05, 4.69) is 19.8 Å². The summed E-state index contributed by atoms with van der Waals surface area (Å²) < 4.78 is 17.4. The third kappa shape index (κ3) is 2.97. The molecule has 22 heavy (non-hydrogen) atoms. The molecule has 5 nitrogen and oxygen atoms in total. The number of halogens is 2. The molecule has 0 spiro atoms. The maximum absolute atomic E-state index is 13.7. The largest absolute Gasteiger partial charge is 0.347 e. The SMILES string of the molecule is CN1CC[C@H](NC(=O)c2cnns2)[C@@H]1c1ccc(Cl)c(F)c1. The van der Waals surface area contributed by atoms with Crippen LogP contribution in [0.4, 0.5) is 4.39 Å². The van der Waals surface area contributed by atoms with Crippen molar-refractivity contribution in [2.75, 3.05) is 13.6 Å². The predicted molar refractivity (Wildman–Crippen MR) is 82.6 cm³/mol. The molecule has 1 fully saturated rings. The van der Waals surface area contributed by atoms with Gasteiger partial charge in [0.1, 0.15) is 10.7 Å². The van der Waals surface area contributed by atoms with Gasteiger partial charge in [0, 0.05) is 6.54 Å². The molecule has 2 heterocycles. The fourth-order valence-electron chi connectivity index (χ4n) is 2.79. The van der Waals surface area contributed by atoms with E-state index in [1.165, 1.54) is 12.3 Å². The van der Waals surface area contributed by atoms with E-state index in [4.69, 9.17) is 11.6 Å². The number of benzene rings is 1. The Morgan fingerprint density at radius 2 is 2.36 bits per heavy atom. The molecule has 3 rings (SSSR count). The van der Waals surface area contributed by atoms with Crippen LogP contribution in [0.25, 0.3) is 0 Å². The summed E-state index contributed by atoms with van der Waals surface area (Å²) in [5.74, 6) is -0.647. The Bertz CT molecular complexity index is 681. The predicted octanol–water partition coefficient (Wildman–Crippen LogP) is 2.51. The van der Waals surface area contributed by atoms with E-state index in [0.717, 1.165) is 30.1 Å². The highest BCUT2D eigenvalue weighted by Gasteiger charge is 2.34. The van der Waals surface area contributed by atoms with Gasteiger partial charge in [0.15, 0.2) is 0 Å². The lowest BCUT2D eigenvalue weighted by Crippen LogP contribution is -2.38. The highest BCUT2D eigenvalue weighted by Crippen LogP contribution is 2.32. The van der Waals surface area contributed by atoms with Crippen LogP contribution in [-0.2, 0) is 0 Å². The number of likely N-dealkylation sites (tertiary alicyclic amines) is 1. The van der Waals surface area contributed by atoms with Gasteiger partial charge in [-0.05, 0) is 42.7 Å². The van der Waals surface area contributed by atoms with Crippen LogP contribution < -0.4 is 5.32 Å². The number of hydrogen-bond donors (Lipinski definition) is 1. The molecule has 1 N–H and O–H groups in total. The average Bonchev–Trinajstić information content (AvgIpc) is 3.13. The minimum Gasteiger partial charge on any atom is -0.347 e. The van der Waals surface area contributed by atoms with E-state index in [-0.39, 0.29) is 23.0 Å². The zero-order chi connectivity index (χ0) is 15.7. The van der Waals surface area contributed by atoms with Crippen molar-refractivity contribution in [3.05, 3.63) is 45.7 Å². The smallest absolute Gasteiger partial charge is 0.264 e. The van der Waals surface area contributed by atoms with E-state index in [1.807, 2.05) is 7.05 Å². The Hall–Kier alpha value is -1.57. The second-order valence-electron chi connectivity index (χ2n) is 5.25. The van der Waals surface area contributed by atoms with Crippen molar-refractivity contribution in [3.8, 4) is 0 Å². The van der Waals surface area contributed by atoms with E-state index >= 15 is 0 Å². The van der Waals surface area contributed by atoms with Crippen molar-refractivity contribution in [2.24, 2.45) is 0 Å². The number of aromatic nitrogens is 2. The van der Waals surface area contributed by atoms with Crippen LogP contribution in [0.3, 0.4) is 0 Å². The van der Waals surface area contributed by atoms with Crippen LogP contribution in [0.15, 0.2) is 24.4 Å². The van der Waals surface area contributed by atoms with Crippen molar-refractivity contribution < 1.29 is 9.18 Å². The summed E-state index contributed by atoms with van der Waals surface area (Å²) in [6.45, 7) is 0.820. The molecule has 1 aliphatic heterocycles. The molecular formula is C14H14ClFN4OS. The number of nitrogens with zero attached hydrogens (tertiary/aromatic N) is 3. The third-order valence-corrected chi connectivity index (χ3v) is 4.81. The first-order valence-electron chi connectivity index (χ1n) is 6.79. The summed E-state index contributed by atoms with van der Waals surface area (Å²) in [6, 6.07) is 4.59. The summed E-state index contributed by atoms with van der Waals surface area (Å²) in [5, 5.41) is 6.75. The molecule has 0 unspecified atom stereocenters. The monoisotopic (exact) mass is 340 g/mol. The second-order valence-corrected chi connectivity index (χ2v) is 6.44. The van der Waals surface area contributed by atoms with Gasteiger partial charge in [-0.3, -0.25) is 9.69 Å². The highest BCUT2D eigenvalue weighted by molar-refractivity contribution is 7.07. The Kier molecular flexibility index (Phi) is 4.37. The number of carbonyl (C=O) groups is 1. The van der Waals surface area contributed by atoms with E-state index in [1.54, 1.807) is 12.1 Å². The lowest BCUT2D eigenvalue weighted by Gasteiger charge is -2.26. The zero-order valence-corrected chi connectivity index (χ0v) is 13.4. The number of likely N-dealkylation sites (N-methyl/N-ethyl adjacent to an activating group) is 1. The van der Waals surface area contributed by atoms with Crippen LogP contribution in [-0.4, -0.2) is 40.0 Å². The van der Waals surface area contributed by atoms with Gasteiger partial charge in [-0.2, -0.15) is 0 Å². The first kappa shape index (κ1) is 15.3. The van der Waals surface area contributed by atoms with Gasteiger partial charge in [0.2, 0.25) is 0 Å². The molecule has 1 amide bonds. The summed E-state index contributed by atoms with van der Waals surface area (Å²) in [5.41, 5.74) is 0.801. The van der Waals surface area contributed by atoms with Crippen molar-refractivity contribution in [2.45, 2.75) is 18.5 Å². The fourth-order valence-corrected chi connectivity index (χ4v) is 3.32. The van der Waals surface area contributed by atoms with Gasteiger partial charge in [-0.1, -0.05) is 22.2 Å². The Balaban J connectivity index is 1.81. The van der Waals surface area contributed by atoms with Gasteiger partial charge in [0.05, 0.1) is 23.3 Å². The minimum atomic E-state index is -0.448. The zero-order valence-electron chi connectivity index (χ0n) is 11.8. The van der Waals surface area contributed by atoms with Crippen LogP contribution >= 0.6 is 23.1 Å². The summed E-state index contributed by atoms with van der Waals surface area (Å²) in [4.78, 5) is 14.7. The molecule has 0 saturated carbocycles. The van der Waals surface area contributed by atoms with E-state index < -0.39 is 5.82 Å². The molecule has 1 aromatic carbocycles. The van der Waals surface area contributed by atoms with Crippen LogP contribution in [0.2, 0.25) is 5.02 Å². The van der Waals surface area contributed by atoms with Gasteiger partial charge in [-0.25, -0.2) is 4.39 Å². The lowest BCUT2D eigenvalue weighted by atomic mass is 10.00. The number of carbonyl (C=O) groups excluding carboxylic acids is 1. The molecule has 2 atom stereocenters. The van der Waals surface area contributed by atoms with E-state index in [0.29, 0.717) is 4.88 Å². The average molecular weight is 341 g/mol. The first-order valence-corrected chi connectivity index (χ1v) is 7.95. The number of hydrogen-bond acceptors (Lipinski definition) is 5. The molecule has 8 heteroatoms. The molecule has 0 bridgehead atoms. The second kappa shape index (κ2) is 6.28. The van der Waals surface area contributed by atoms with Crippen LogP contribution in [0.1, 0.15) is 27.7 Å². The Morgan fingerprint density at radius 1 is 1.55 bits per heavy atom. The first-order chi connectivity index (χ1) is 10.6. The molecule has 1 saturated heterocycles. The molecule has 0 aliphatic carbocycles. The van der Waals surface area contributed by atoms with Gasteiger partial charge in [0.25, 0.3) is 5.91 Å². The standard InChI is InChI=1S/C14H14ClFN4OS/c1-20-5-4-11(18-14(21)12-7-17-19-22-12)13(20)8-2-3-9(15)10(16)6-8/h2-3,6-7,11,13H,4-5H2,1H3,(H,18,21)/t11-,13-/m0/s1. The molecule has 1 aliphatic rings. The summed E-state index contributed by atoms with van der Waals surface area (Å²) >= 11 is 6.79. The third-order valence-electron chi connectivity index (χ3n) is 3.84. The van der Waals surface area contributed by atoms with Crippen LogP contribution in [0.5, 0.6) is 0 Å². The number of rotatable bonds is 3.